The number of hydrogen-bond donors (Lipinski definition) is 1. The van der Waals surface area contributed by atoms with E-state index in [1.165, 1.54) is 167 Å². The Kier molecular flexibility index (Phi) is 45.1. The zero-order chi connectivity index (χ0) is 47.1. The van der Waals surface area contributed by atoms with E-state index in [9.17, 15) is 19.0 Å². The Balaban J connectivity index is 4.00. The minimum absolute atomic E-state index is 0.0336. The molecule has 0 saturated heterocycles. The Morgan fingerprint density at radius 1 is 0.484 bits per heavy atom. The fraction of sp³-hybridized carbons (Fsp3) is 0.852. The summed E-state index contributed by atoms with van der Waals surface area (Å²) in [5.41, 5.74) is 0. The van der Waals surface area contributed by atoms with Crippen LogP contribution in [-0.4, -0.2) is 74.9 Å². The van der Waals surface area contributed by atoms with Crippen LogP contribution in [0, 0.1) is 0 Å². The molecular weight excluding hydrogens is 822 g/mol. The van der Waals surface area contributed by atoms with E-state index >= 15 is 0 Å². The van der Waals surface area contributed by atoms with E-state index in [1.807, 2.05) is 21.1 Å². The molecule has 0 heterocycles. The first kappa shape index (κ1) is 62.2. The van der Waals surface area contributed by atoms with Gasteiger partial charge in [0.2, 0.25) is 0 Å². The maximum absolute atomic E-state index is 12.7. The summed E-state index contributed by atoms with van der Waals surface area (Å²) in [6.07, 6.45) is 55.1. The molecule has 2 unspecified atom stereocenters. The molecule has 0 aliphatic rings. The fourth-order valence-electron chi connectivity index (χ4n) is 7.49. The van der Waals surface area contributed by atoms with Crippen LogP contribution in [0.1, 0.15) is 245 Å². The summed E-state index contributed by atoms with van der Waals surface area (Å²) in [7, 11) is 1.48. The van der Waals surface area contributed by atoms with E-state index < -0.39 is 26.5 Å². The molecule has 64 heavy (non-hydrogen) atoms. The van der Waals surface area contributed by atoms with Crippen LogP contribution in [-0.2, 0) is 32.7 Å². The highest BCUT2D eigenvalue weighted by atomic mass is 31.2. The lowest BCUT2D eigenvalue weighted by atomic mass is 10.0. The predicted molar refractivity (Wildman–Crippen MR) is 270 cm³/mol. The maximum atomic E-state index is 12.7. The SMILES string of the molecule is CCCCCCC/C=C\C/C=C\C/C=C\CCCCCCCCCCCCCCCCCCC(=O)OC(COC(=O)CCCCCCCCCCC)COP(=O)(O)OCC[N+](C)(C)C. The summed E-state index contributed by atoms with van der Waals surface area (Å²) in [5, 5.41) is 0. The predicted octanol–water partition coefficient (Wildman–Crippen LogP) is 16.0. The van der Waals surface area contributed by atoms with Crippen molar-refractivity contribution in [2.24, 2.45) is 0 Å². The highest BCUT2D eigenvalue weighted by Crippen LogP contribution is 2.43. The normalized spacial score (nSPS) is 13.7. The first-order valence-electron chi connectivity index (χ1n) is 26.7. The number of unbranched alkanes of at least 4 members (excludes halogenated alkanes) is 29. The van der Waals surface area contributed by atoms with E-state index in [4.69, 9.17) is 18.5 Å². The zero-order valence-electron chi connectivity index (χ0n) is 42.5. The number of phosphoric acid groups is 1. The largest absolute Gasteiger partial charge is 0.472 e. The summed E-state index contributed by atoms with van der Waals surface area (Å²) in [4.78, 5) is 35.4. The molecular formula is C54H103NO8P+. The van der Waals surface area contributed by atoms with Crippen molar-refractivity contribution in [3.63, 3.8) is 0 Å². The van der Waals surface area contributed by atoms with E-state index in [2.05, 4.69) is 50.3 Å². The fourth-order valence-corrected chi connectivity index (χ4v) is 8.24. The van der Waals surface area contributed by atoms with Gasteiger partial charge >= 0.3 is 19.8 Å². The molecule has 10 heteroatoms. The summed E-state index contributed by atoms with van der Waals surface area (Å²) in [6, 6.07) is 0. The highest BCUT2D eigenvalue weighted by Gasteiger charge is 2.27. The number of hydrogen-bond acceptors (Lipinski definition) is 7. The van der Waals surface area contributed by atoms with Gasteiger partial charge in [-0.3, -0.25) is 18.6 Å². The Labute approximate surface area is 395 Å². The summed E-state index contributed by atoms with van der Waals surface area (Å²) in [5.74, 6) is -0.792. The molecule has 0 amide bonds. The molecule has 0 rings (SSSR count). The first-order valence-corrected chi connectivity index (χ1v) is 28.2. The topological polar surface area (TPSA) is 108 Å². The number of carbonyl (C=O) groups is 2. The Bertz CT molecular complexity index is 1180. The first-order chi connectivity index (χ1) is 31.0. The van der Waals surface area contributed by atoms with Gasteiger partial charge in [0.05, 0.1) is 27.7 Å². The van der Waals surface area contributed by atoms with Crippen LogP contribution >= 0.6 is 7.82 Å². The maximum Gasteiger partial charge on any atom is 0.472 e. The van der Waals surface area contributed by atoms with Crippen LogP contribution in [0.2, 0.25) is 0 Å². The number of rotatable bonds is 49. The van der Waals surface area contributed by atoms with Crippen molar-refractivity contribution in [3.8, 4) is 0 Å². The number of carbonyl (C=O) groups excluding carboxylic acids is 2. The molecule has 0 radical (unpaired) electrons. The third-order valence-electron chi connectivity index (χ3n) is 11.7. The molecule has 0 bridgehead atoms. The van der Waals surface area contributed by atoms with Crippen molar-refractivity contribution in [1.29, 1.82) is 0 Å². The smallest absolute Gasteiger partial charge is 0.462 e. The number of likely N-dealkylation sites (N-methyl/N-ethyl adjacent to an activating group) is 1. The molecule has 0 saturated carbocycles. The average Bonchev–Trinajstić information content (AvgIpc) is 3.25. The number of ether oxygens (including phenoxy) is 2. The van der Waals surface area contributed by atoms with Gasteiger partial charge in [0.25, 0.3) is 0 Å². The molecule has 0 aliphatic carbocycles. The van der Waals surface area contributed by atoms with Crippen LogP contribution in [0.3, 0.4) is 0 Å². The summed E-state index contributed by atoms with van der Waals surface area (Å²) < 4.78 is 34.4. The van der Waals surface area contributed by atoms with Gasteiger partial charge < -0.3 is 18.9 Å². The van der Waals surface area contributed by atoms with Gasteiger partial charge in [-0.05, 0) is 51.4 Å². The molecule has 0 aromatic carbocycles. The van der Waals surface area contributed by atoms with Gasteiger partial charge in [0.1, 0.15) is 19.8 Å². The minimum Gasteiger partial charge on any atom is -0.462 e. The van der Waals surface area contributed by atoms with Crippen LogP contribution in [0.5, 0.6) is 0 Å². The second-order valence-electron chi connectivity index (χ2n) is 19.3. The van der Waals surface area contributed by atoms with E-state index in [0.717, 1.165) is 44.9 Å². The number of nitrogens with zero attached hydrogens (tertiary/aromatic N) is 1. The van der Waals surface area contributed by atoms with Crippen LogP contribution in [0.15, 0.2) is 36.5 Å². The van der Waals surface area contributed by atoms with Crippen LogP contribution < -0.4 is 0 Å². The van der Waals surface area contributed by atoms with Crippen molar-refractivity contribution < 1.29 is 42.1 Å². The van der Waals surface area contributed by atoms with Crippen molar-refractivity contribution in [3.05, 3.63) is 36.5 Å². The van der Waals surface area contributed by atoms with Crippen LogP contribution in [0.4, 0.5) is 0 Å². The van der Waals surface area contributed by atoms with E-state index in [-0.39, 0.29) is 25.6 Å². The molecule has 2 atom stereocenters. The molecule has 0 spiro atoms. The van der Waals surface area contributed by atoms with Gasteiger partial charge in [-0.15, -0.1) is 0 Å². The van der Waals surface area contributed by atoms with Gasteiger partial charge in [0.15, 0.2) is 6.10 Å². The minimum atomic E-state index is -4.37. The number of esters is 2. The monoisotopic (exact) mass is 925 g/mol. The van der Waals surface area contributed by atoms with Gasteiger partial charge in [-0.1, -0.05) is 217 Å². The molecule has 1 N–H and O–H groups in total. The molecule has 376 valence electrons. The Morgan fingerprint density at radius 2 is 0.844 bits per heavy atom. The quantitative estimate of drug-likeness (QED) is 0.0211. The van der Waals surface area contributed by atoms with Gasteiger partial charge in [0, 0.05) is 12.8 Å². The van der Waals surface area contributed by atoms with Crippen LogP contribution in [0.25, 0.3) is 0 Å². The molecule has 9 nitrogen and oxygen atoms in total. The summed E-state index contributed by atoms with van der Waals surface area (Å²) in [6.45, 7) is 4.41. The third kappa shape index (κ3) is 49.7. The second-order valence-corrected chi connectivity index (χ2v) is 20.7. The Morgan fingerprint density at radius 3 is 1.25 bits per heavy atom. The van der Waals surface area contributed by atoms with Crippen molar-refractivity contribution >= 4 is 19.8 Å². The Hall–Kier alpha value is -1.77. The molecule has 0 aliphatic heterocycles. The van der Waals surface area contributed by atoms with Crippen molar-refractivity contribution in [1.82, 2.24) is 0 Å². The lowest BCUT2D eigenvalue weighted by Crippen LogP contribution is -2.37. The number of phosphoric ester groups is 1. The third-order valence-corrected chi connectivity index (χ3v) is 12.7. The average molecular weight is 925 g/mol. The highest BCUT2D eigenvalue weighted by molar-refractivity contribution is 7.47. The number of quaternary nitrogens is 1. The number of allylic oxidation sites excluding steroid dienone is 6. The standard InChI is InChI=1S/C54H102NO8P/c1-6-8-10-12-14-16-17-18-19-20-21-22-23-24-25-26-27-28-29-30-31-32-33-34-35-36-37-39-41-43-45-47-54(57)63-52(51-62-64(58,59)61-49-48-55(3,4)5)50-60-53(56)46-44-42-40-38-15-13-11-9-7-2/h17-18,20-21,23-24,52H,6-16,19,22,25-51H2,1-5H3/p+1/b18-17-,21-20-,24-23-. The van der Waals surface area contributed by atoms with E-state index in [1.54, 1.807) is 0 Å². The van der Waals surface area contributed by atoms with Crippen molar-refractivity contribution in [2.75, 3.05) is 47.5 Å². The molecule has 0 aromatic rings. The van der Waals surface area contributed by atoms with Gasteiger partial charge in [-0.2, -0.15) is 0 Å². The lowest BCUT2D eigenvalue weighted by Gasteiger charge is -2.24. The van der Waals surface area contributed by atoms with Crippen molar-refractivity contribution in [2.45, 2.75) is 251 Å². The second kappa shape index (κ2) is 46.3. The van der Waals surface area contributed by atoms with Gasteiger partial charge in [-0.25, -0.2) is 4.57 Å². The lowest BCUT2D eigenvalue weighted by molar-refractivity contribution is -0.870. The molecule has 0 aromatic heterocycles. The molecule has 0 fully saturated rings. The van der Waals surface area contributed by atoms with E-state index in [0.29, 0.717) is 23.9 Å². The zero-order valence-corrected chi connectivity index (χ0v) is 43.4. The summed E-state index contributed by atoms with van der Waals surface area (Å²) >= 11 is 0.